The number of hydrogen-bond acceptors (Lipinski definition) is 8. The van der Waals surface area contributed by atoms with Crippen molar-refractivity contribution in [1.82, 2.24) is 19.5 Å². The van der Waals surface area contributed by atoms with Crippen LogP contribution in [0.2, 0.25) is 0 Å². The maximum Gasteiger partial charge on any atom is 0.280 e. The van der Waals surface area contributed by atoms with Gasteiger partial charge in [0.1, 0.15) is 18.3 Å². The lowest BCUT2D eigenvalue weighted by atomic mass is 11.1. The molecule has 0 aliphatic carbocycles. The van der Waals surface area contributed by atoms with Gasteiger partial charge in [0, 0.05) is 0 Å². The molecule has 10 heteroatoms. The van der Waals surface area contributed by atoms with Gasteiger partial charge in [-0.15, -0.1) is 0 Å². The highest BCUT2D eigenvalue weighted by atomic mass is 16.8. The molecule has 6 N–H and O–H groups in total. The number of nitrogens with zero attached hydrogens (tertiary/aromatic N) is 3. The summed E-state index contributed by atoms with van der Waals surface area (Å²) < 4.78 is 6.64. The minimum atomic E-state index is -1.29. The molecule has 20 heavy (non-hydrogen) atoms. The molecule has 0 amide bonds. The Morgan fingerprint density at radius 2 is 2.20 bits per heavy atom. The van der Waals surface area contributed by atoms with Gasteiger partial charge in [-0.3, -0.25) is 14.3 Å². The third-order valence-corrected chi connectivity index (χ3v) is 3.24. The molecule has 3 heterocycles. The van der Waals surface area contributed by atoms with Gasteiger partial charge in [0.25, 0.3) is 5.56 Å². The number of nitrogen functional groups attached to an aromatic ring is 1. The normalized spacial score (nSPS) is 30.1. The summed E-state index contributed by atoms with van der Waals surface area (Å²) in [5.74, 6) is -0.101. The molecule has 1 saturated heterocycles. The first-order valence-corrected chi connectivity index (χ1v) is 5.87. The second kappa shape index (κ2) is 4.52. The van der Waals surface area contributed by atoms with E-state index in [0.717, 1.165) is 0 Å². The van der Waals surface area contributed by atoms with Crippen molar-refractivity contribution >= 4 is 17.1 Å². The fourth-order valence-electron chi connectivity index (χ4n) is 2.24. The van der Waals surface area contributed by atoms with Crippen LogP contribution < -0.4 is 11.3 Å². The maximum atomic E-state index is 11.7. The standard InChI is InChI=1S/C10H13N5O5/c11-10-13-7-4(8(19)14-10)12-2-15(7)9-6(18)5(17)3(1-16)20-9/h2-3,5-6,9,16-18H,1H2,(H3,11,13,14,19)/t3-,5-,6-,9-/m1/s1/i1+1,2+1,3+1,4+1,5+1,6+1,7+1,8+1,9+1,10+1. The molecule has 2 aromatic rings. The number of rotatable bonds is 2. The predicted molar refractivity (Wildman–Crippen MR) is 65.6 cm³/mol. The van der Waals surface area contributed by atoms with Crippen molar-refractivity contribution in [2.45, 2.75) is 24.5 Å². The van der Waals surface area contributed by atoms with Gasteiger partial charge in [0.2, 0.25) is 5.95 Å². The zero-order valence-electron chi connectivity index (χ0n) is 10.2. The van der Waals surface area contributed by atoms with Crippen molar-refractivity contribution in [2.24, 2.45) is 0 Å². The van der Waals surface area contributed by atoms with Crippen LogP contribution in [-0.2, 0) is 4.74 Å². The van der Waals surface area contributed by atoms with E-state index in [2.05, 4.69) is 15.0 Å². The first-order chi connectivity index (χ1) is 9.52. The van der Waals surface area contributed by atoms with Crippen molar-refractivity contribution in [2.75, 3.05) is 12.3 Å². The quantitative estimate of drug-likeness (QED) is 0.374. The molecule has 1 aliphatic rings. The number of ether oxygens (including phenoxy) is 1. The largest absolute Gasteiger partial charge is 0.394 e. The van der Waals surface area contributed by atoms with E-state index >= 15 is 0 Å². The zero-order chi connectivity index (χ0) is 14.4. The van der Waals surface area contributed by atoms with Crippen LogP contribution in [0.25, 0.3) is 11.2 Å². The van der Waals surface area contributed by atoms with Crippen LogP contribution in [0.1, 0.15) is 6.23 Å². The molecule has 0 saturated carbocycles. The van der Waals surface area contributed by atoms with Gasteiger partial charge >= 0.3 is 0 Å². The van der Waals surface area contributed by atoms with Gasteiger partial charge < -0.3 is 25.8 Å². The molecule has 10 nitrogen and oxygen atoms in total. The van der Waals surface area contributed by atoms with Crippen molar-refractivity contribution in [1.29, 1.82) is 0 Å². The summed E-state index contributed by atoms with van der Waals surface area (Å²) in [7, 11) is 0. The molecule has 2 aromatic heterocycles. The lowest BCUT2D eigenvalue weighted by Crippen LogP contribution is -2.33. The van der Waals surface area contributed by atoms with E-state index in [1.54, 1.807) is 0 Å². The number of aliphatic hydroxyl groups is 3. The second-order valence-electron chi connectivity index (χ2n) is 4.50. The topological polar surface area (TPSA) is 160 Å². The Balaban J connectivity index is 2.09. The fraction of sp³-hybridized carbons (Fsp3) is 0.500. The number of hydrogen-bond donors (Lipinski definition) is 5. The van der Waals surface area contributed by atoms with Crippen molar-refractivity contribution in [3.05, 3.63) is 16.7 Å². The average Bonchev–Trinajstić information content (AvgIpc) is 2.93. The number of fused-ring (bicyclic) bond motifs is 1. The summed E-state index contributed by atoms with van der Waals surface area (Å²) in [6.45, 7) is -0.447. The molecular weight excluding hydrogens is 280 g/mol. The van der Waals surface area contributed by atoms with Crippen molar-refractivity contribution < 1.29 is 20.1 Å². The van der Waals surface area contributed by atoms with Gasteiger partial charge in [-0.05, 0) is 0 Å². The summed E-state index contributed by atoms with van der Waals surface area (Å²) in [4.78, 5) is 21.8. The molecule has 3 rings (SSSR count). The zero-order valence-corrected chi connectivity index (χ0v) is 10.2. The van der Waals surface area contributed by atoms with E-state index < -0.39 is 36.7 Å². The SMILES string of the molecule is N[13c]1n[13c]2[13c](n[13cH]n2[13C@@H]2O[13C@H]([13CH2]O)[13C@@H](O)[13C@H]2O)[13c](=O)[nH]1. The highest BCUT2D eigenvalue weighted by molar-refractivity contribution is 5.70. The number of imidazole rings is 1. The summed E-state index contributed by atoms with van der Waals surface area (Å²) in [5, 5.41) is 28.7. The van der Waals surface area contributed by atoms with E-state index in [4.69, 9.17) is 15.6 Å². The predicted octanol–water partition coefficient (Wildman–Crippen LogP) is -2.69. The van der Waals surface area contributed by atoms with Crippen LogP contribution in [0, 0.1) is 0 Å². The lowest BCUT2D eigenvalue weighted by molar-refractivity contribution is -0.0511. The Morgan fingerprint density at radius 1 is 1.45 bits per heavy atom. The monoisotopic (exact) mass is 293 g/mol. The van der Waals surface area contributed by atoms with Crippen LogP contribution in [0.15, 0.2) is 11.1 Å². The van der Waals surface area contributed by atoms with E-state index in [1.807, 2.05) is 0 Å². The Labute approximate surface area is 111 Å². The van der Waals surface area contributed by atoms with Gasteiger partial charge in [0.05, 0.1) is 12.9 Å². The molecule has 1 aliphatic heterocycles. The molecule has 108 valence electrons. The van der Waals surface area contributed by atoms with E-state index in [0.29, 0.717) is 0 Å². The molecule has 0 radical (unpaired) electrons. The smallest absolute Gasteiger partial charge is 0.280 e. The van der Waals surface area contributed by atoms with E-state index in [1.165, 1.54) is 10.9 Å². The van der Waals surface area contributed by atoms with Crippen LogP contribution in [0.5, 0.6) is 0 Å². The van der Waals surface area contributed by atoms with Crippen molar-refractivity contribution in [3.63, 3.8) is 0 Å². The number of nitrogens with one attached hydrogen (secondary N) is 1. The second-order valence-corrected chi connectivity index (χ2v) is 4.50. The molecule has 0 bridgehead atoms. The molecule has 1 fully saturated rings. The number of nitrogens with two attached hydrogens (primary N) is 1. The van der Waals surface area contributed by atoms with Gasteiger partial charge in [-0.25, -0.2) is 4.98 Å². The summed E-state index contributed by atoms with van der Waals surface area (Å²) in [5.41, 5.74) is 5.12. The Kier molecular flexibility index (Phi) is 2.94. The Hall–Kier alpha value is -2.01. The molecule has 0 aromatic carbocycles. The molecule has 0 spiro atoms. The number of aromatic nitrogens is 4. The fourth-order valence-corrected chi connectivity index (χ4v) is 2.24. The van der Waals surface area contributed by atoms with E-state index in [-0.39, 0.29) is 17.1 Å². The lowest BCUT2D eigenvalue weighted by Gasteiger charge is -2.16. The summed E-state index contributed by atoms with van der Waals surface area (Å²) in [6, 6.07) is 0. The average molecular weight is 293 g/mol. The minimum absolute atomic E-state index is 0.0388. The molecular formula is C10H13N5O5. The van der Waals surface area contributed by atoms with Gasteiger partial charge in [-0.2, -0.15) is 4.98 Å². The first kappa shape index (κ1) is 13.0. The number of aromatic amines is 1. The number of anilines is 1. The highest BCUT2D eigenvalue weighted by Gasteiger charge is 2.44. The summed E-state index contributed by atoms with van der Waals surface area (Å²) in [6.07, 6.45) is -3.21. The highest BCUT2D eigenvalue weighted by Crippen LogP contribution is 2.30. The number of aliphatic hydroxyl groups excluding tert-OH is 3. The third kappa shape index (κ3) is 1.78. The minimum Gasteiger partial charge on any atom is -0.394 e. The van der Waals surface area contributed by atoms with Crippen LogP contribution in [0.4, 0.5) is 5.95 Å². The summed E-state index contributed by atoms with van der Waals surface area (Å²) >= 11 is 0. The van der Waals surface area contributed by atoms with Gasteiger partial charge in [0.15, 0.2) is 17.4 Å². The Morgan fingerprint density at radius 3 is 2.85 bits per heavy atom. The van der Waals surface area contributed by atoms with Crippen LogP contribution in [-0.4, -0.2) is 59.8 Å². The van der Waals surface area contributed by atoms with Gasteiger partial charge in [-0.1, -0.05) is 0 Å². The molecule has 4 atom stereocenters. The number of H-pyrrole nitrogens is 1. The van der Waals surface area contributed by atoms with Crippen LogP contribution in [0.3, 0.4) is 0 Å². The first-order valence-electron chi connectivity index (χ1n) is 5.87. The maximum absolute atomic E-state index is 11.7. The van der Waals surface area contributed by atoms with Crippen LogP contribution >= 0.6 is 0 Å². The Bertz CT molecular complexity index is 697. The third-order valence-electron chi connectivity index (χ3n) is 3.24. The molecule has 0 unspecified atom stereocenters. The van der Waals surface area contributed by atoms with E-state index in [9.17, 15) is 15.0 Å². The van der Waals surface area contributed by atoms with Crippen molar-refractivity contribution in [3.8, 4) is 0 Å².